The lowest BCUT2D eigenvalue weighted by molar-refractivity contribution is 0.619. The molecule has 2 nitrogen and oxygen atoms in total. The van der Waals surface area contributed by atoms with Gasteiger partial charge in [0.15, 0.2) is 0 Å². The van der Waals surface area contributed by atoms with Gasteiger partial charge in [-0.1, -0.05) is 11.6 Å². The molecule has 1 N–H and O–H groups in total. The average molecular weight is 285 g/mol. The van der Waals surface area contributed by atoms with Gasteiger partial charge in [0.2, 0.25) is 0 Å². The van der Waals surface area contributed by atoms with Gasteiger partial charge in [-0.05, 0) is 30.7 Å². The highest BCUT2D eigenvalue weighted by Gasteiger charge is 2.02. The summed E-state index contributed by atoms with van der Waals surface area (Å²) in [6, 6.07) is 4.41. The van der Waals surface area contributed by atoms with Crippen molar-refractivity contribution in [3.8, 4) is 0 Å². The van der Waals surface area contributed by atoms with Crippen molar-refractivity contribution in [1.29, 1.82) is 0 Å². The number of benzene rings is 1. The third-order valence-corrected chi connectivity index (χ3v) is 3.74. The van der Waals surface area contributed by atoms with Crippen LogP contribution in [0.4, 0.5) is 4.39 Å². The molecule has 0 fully saturated rings. The molecule has 1 heterocycles. The Balaban J connectivity index is 1.80. The molecule has 0 aliphatic carbocycles. The van der Waals surface area contributed by atoms with Crippen LogP contribution < -0.4 is 5.32 Å². The molecular weight excluding hydrogens is 271 g/mol. The molecule has 0 saturated carbocycles. The van der Waals surface area contributed by atoms with E-state index in [-0.39, 0.29) is 5.82 Å². The van der Waals surface area contributed by atoms with Gasteiger partial charge >= 0.3 is 0 Å². The molecule has 1 aromatic carbocycles. The molecule has 0 radical (unpaired) electrons. The summed E-state index contributed by atoms with van der Waals surface area (Å²) < 4.78 is 13.0. The number of thiazole rings is 1. The van der Waals surface area contributed by atoms with Crippen LogP contribution >= 0.6 is 22.9 Å². The molecule has 0 unspecified atom stereocenters. The molecule has 2 aromatic rings. The van der Waals surface area contributed by atoms with Crippen LogP contribution in [0.25, 0.3) is 0 Å². The maximum atomic E-state index is 13.0. The fourth-order valence-corrected chi connectivity index (χ4v) is 2.47. The number of aryl methyl sites for hydroxylation is 1. The lowest BCUT2D eigenvalue weighted by atomic mass is 10.2. The minimum absolute atomic E-state index is 0.258. The van der Waals surface area contributed by atoms with Crippen LogP contribution in [0.15, 0.2) is 23.6 Å². The summed E-state index contributed by atoms with van der Waals surface area (Å²) in [5.41, 5.74) is 1.88. The molecule has 2 rings (SSSR count). The summed E-state index contributed by atoms with van der Waals surface area (Å²) in [4.78, 5) is 4.38. The molecule has 0 spiro atoms. The SMILES string of the molecule is Cc1nc(CCNCc2cc(F)ccc2Cl)cs1. The number of nitrogens with zero attached hydrogens (tertiary/aromatic N) is 1. The topological polar surface area (TPSA) is 24.9 Å². The van der Waals surface area contributed by atoms with Crippen LogP contribution in [0.1, 0.15) is 16.3 Å². The van der Waals surface area contributed by atoms with E-state index in [1.54, 1.807) is 17.4 Å². The van der Waals surface area contributed by atoms with Crippen LogP contribution in [0, 0.1) is 12.7 Å². The summed E-state index contributed by atoms with van der Waals surface area (Å²) in [5, 5.41) is 6.98. The van der Waals surface area contributed by atoms with E-state index in [1.165, 1.54) is 12.1 Å². The van der Waals surface area contributed by atoms with Crippen molar-refractivity contribution in [2.24, 2.45) is 0 Å². The Morgan fingerprint density at radius 2 is 2.28 bits per heavy atom. The number of aromatic nitrogens is 1. The zero-order valence-electron chi connectivity index (χ0n) is 10.0. The number of halogens is 2. The number of hydrogen-bond donors (Lipinski definition) is 1. The Hall–Kier alpha value is -0.970. The smallest absolute Gasteiger partial charge is 0.123 e. The number of nitrogens with one attached hydrogen (secondary N) is 1. The minimum Gasteiger partial charge on any atom is -0.312 e. The van der Waals surface area contributed by atoms with Crippen molar-refractivity contribution in [3.05, 3.63) is 50.7 Å². The molecule has 18 heavy (non-hydrogen) atoms. The van der Waals surface area contributed by atoms with Gasteiger partial charge in [-0.3, -0.25) is 0 Å². The molecular formula is C13H14ClFN2S. The second kappa shape index (κ2) is 6.27. The van der Waals surface area contributed by atoms with E-state index in [4.69, 9.17) is 11.6 Å². The van der Waals surface area contributed by atoms with E-state index < -0.39 is 0 Å². The molecule has 0 aliphatic heterocycles. The summed E-state index contributed by atoms with van der Waals surface area (Å²) in [7, 11) is 0. The normalized spacial score (nSPS) is 10.8. The Kier molecular flexibility index (Phi) is 4.69. The van der Waals surface area contributed by atoms with Crippen LogP contribution in [-0.4, -0.2) is 11.5 Å². The van der Waals surface area contributed by atoms with E-state index in [9.17, 15) is 4.39 Å². The monoisotopic (exact) mass is 284 g/mol. The Labute approximate surface area is 115 Å². The first-order valence-corrected chi connectivity index (χ1v) is 6.96. The summed E-state index contributed by atoms with van der Waals surface area (Å²) >= 11 is 7.63. The van der Waals surface area contributed by atoms with E-state index in [0.717, 1.165) is 29.2 Å². The van der Waals surface area contributed by atoms with Crippen LogP contribution in [-0.2, 0) is 13.0 Å². The Morgan fingerprint density at radius 1 is 1.44 bits per heavy atom. The van der Waals surface area contributed by atoms with E-state index >= 15 is 0 Å². The largest absolute Gasteiger partial charge is 0.312 e. The van der Waals surface area contributed by atoms with Gasteiger partial charge in [0.25, 0.3) is 0 Å². The molecule has 1 aromatic heterocycles. The predicted molar refractivity (Wildman–Crippen MR) is 73.7 cm³/mol. The second-order valence-electron chi connectivity index (χ2n) is 4.02. The van der Waals surface area contributed by atoms with E-state index in [1.807, 2.05) is 6.92 Å². The molecule has 0 amide bonds. The molecule has 0 bridgehead atoms. The maximum Gasteiger partial charge on any atom is 0.123 e. The first-order valence-electron chi connectivity index (χ1n) is 5.71. The zero-order valence-corrected chi connectivity index (χ0v) is 11.6. The number of hydrogen-bond acceptors (Lipinski definition) is 3. The van der Waals surface area contributed by atoms with Crippen molar-refractivity contribution >= 4 is 22.9 Å². The predicted octanol–water partition coefficient (Wildman–Crippen LogP) is 3.58. The first-order chi connectivity index (χ1) is 8.65. The van der Waals surface area contributed by atoms with E-state index in [0.29, 0.717) is 11.6 Å². The quantitative estimate of drug-likeness (QED) is 0.849. The van der Waals surface area contributed by atoms with Crippen LogP contribution in [0.2, 0.25) is 5.02 Å². The standard InChI is InChI=1S/C13H14ClFN2S/c1-9-17-12(8-18-9)4-5-16-7-10-6-11(15)2-3-13(10)14/h2-3,6,8,16H,4-5,7H2,1H3. The van der Waals surface area contributed by atoms with Gasteiger partial charge in [0.05, 0.1) is 10.7 Å². The van der Waals surface area contributed by atoms with Gasteiger partial charge in [0, 0.05) is 29.9 Å². The summed E-state index contributed by atoms with van der Waals surface area (Å²) in [5.74, 6) is -0.258. The molecule has 5 heteroatoms. The van der Waals surface area contributed by atoms with Crippen LogP contribution in [0.5, 0.6) is 0 Å². The molecule has 96 valence electrons. The fraction of sp³-hybridized carbons (Fsp3) is 0.308. The fourth-order valence-electron chi connectivity index (χ4n) is 1.64. The van der Waals surface area contributed by atoms with Gasteiger partial charge in [0.1, 0.15) is 5.82 Å². The van der Waals surface area contributed by atoms with Crippen molar-refractivity contribution in [3.63, 3.8) is 0 Å². The van der Waals surface area contributed by atoms with Gasteiger partial charge in [-0.25, -0.2) is 9.37 Å². The second-order valence-corrected chi connectivity index (χ2v) is 5.49. The van der Waals surface area contributed by atoms with Crippen molar-refractivity contribution in [2.75, 3.05) is 6.54 Å². The highest BCUT2D eigenvalue weighted by atomic mass is 35.5. The molecule has 0 atom stereocenters. The molecule has 0 aliphatic rings. The zero-order chi connectivity index (χ0) is 13.0. The van der Waals surface area contributed by atoms with E-state index in [2.05, 4.69) is 15.7 Å². The Morgan fingerprint density at radius 3 is 3.00 bits per heavy atom. The Bertz CT molecular complexity index is 527. The highest BCUT2D eigenvalue weighted by Crippen LogP contribution is 2.16. The van der Waals surface area contributed by atoms with Crippen molar-refractivity contribution in [1.82, 2.24) is 10.3 Å². The van der Waals surface area contributed by atoms with Crippen molar-refractivity contribution in [2.45, 2.75) is 19.9 Å². The highest BCUT2D eigenvalue weighted by molar-refractivity contribution is 7.09. The van der Waals surface area contributed by atoms with Gasteiger partial charge in [-0.15, -0.1) is 11.3 Å². The van der Waals surface area contributed by atoms with Crippen molar-refractivity contribution < 1.29 is 4.39 Å². The molecule has 0 saturated heterocycles. The average Bonchev–Trinajstić information content (AvgIpc) is 2.75. The number of rotatable bonds is 5. The van der Waals surface area contributed by atoms with Gasteiger partial charge in [-0.2, -0.15) is 0 Å². The minimum atomic E-state index is -0.258. The lowest BCUT2D eigenvalue weighted by Crippen LogP contribution is -2.17. The first kappa shape index (κ1) is 13.5. The maximum absolute atomic E-state index is 13.0. The summed E-state index contributed by atoms with van der Waals surface area (Å²) in [6.07, 6.45) is 0.872. The third kappa shape index (κ3) is 3.77. The third-order valence-electron chi connectivity index (χ3n) is 2.55. The van der Waals surface area contributed by atoms with Crippen LogP contribution in [0.3, 0.4) is 0 Å². The lowest BCUT2D eigenvalue weighted by Gasteiger charge is -2.06. The summed E-state index contributed by atoms with van der Waals surface area (Å²) in [6.45, 7) is 3.36. The van der Waals surface area contributed by atoms with Gasteiger partial charge < -0.3 is 5.32 Å².